The Hall–Kier alpha value is -1.32. The molecule has 0 amide bonds. The second kappa shape index (κ2) is 6.73. The van der Waals surface area contributed by atoms with E-state index in [4.69, 9.17) is 10.5 Å². The molecule has 1 heterocycles. The van der Waals surface area contributed by atoms with Crippen LogP contribution in [0, 0.1) is 0 Å². The van der Waals surface area contributed by atoms with E-state index < -0.39 is 0 Å². The number of hydrogen-bond donors (Lipinski definition) is 1. The molecule has 0 saturated carbocycles. The van der Waals surface area contributed by atoms with Gasteiger partial charge < -0.3 is 15.0 Å². The first kappa shape index (κ1) is 14.1. The molecular weight excluding hydrogens is 236 g/mol. The number of nitrogens with zero attached hydrogens (tertiary/aromatic N) is 1. The predicted molar refractivity (Wildman–Crippen MR) is 80.4 cm³/mol. The first-order chi connectivity index (χ1) is 9.22. The maximum Gasteiger partial charge on any atom is 0.0483 e. The number of unbranched alkanes of at least 4 members (excludes halogenated alkanes) is 1. The van der Waals surface area contributed by atoms with E-state index in [9.17, 15) is 0 Å². The number of benzene rings is 1. The molecule has 1 aromatic heterocycles. The molecule has 0 aliphatic heterocycles. The van der Waals surface area contributed by atoms with Gasteiger partial charge in [-0.2, -0.15) is 0 Å². The third-order valence-corrected chi connectivity index (χ3v) is 3.41. The molecule has 104 valence electrons. The zero-order valence-electron chi connectivity index (χ0n) is 11.9. The second-order valence-electron chi connectivity index (χ2n) is 5.25. The van der Waals surface area contributed by atoms with Gasteiger partial charge in [-0.3, -0.25) is 0 Å². The van der Waals surface area contributed by atoms with Crippen LogP contribution in [0.1, 0.15) is 25.3 Å². The molecular formula is C16H24N2O. The van der Waals surface area contributed by atoms with E-state index in [2.05, 4.69) is 42.0 Å². The molecule has 0 bridgehead atoms. The van der Waals surface area contributed by atoms with Gasteiger partial charge in [0.25, 0.3) is 0 Å². The predicted octanol–water partition coefficient (Wildman–Crippen LogP) is 2.96. The highest BCUT2D eigenvalue weighted by atomic mass is 16.5. The van der Waals surface area contributed by atoms with Gasteiger partial charge in [0.05, 0.1) is 0 Å². The van der Waals surface area contributed by atoms with Gasteiger partial charge >= 0.3 is 0 Å². The van der Waals surface area contributed by atoms with Crippen molar-refractivity contribution in [2.45, 2.75) is 38.8 Å². The van der Waals surface area contributed by atoms with Gasteiger partial charge in [-0.05, 0) is 37.8 Å². The molecule has 3 heteroatoms. The summed E-state index contributed by atoms with van der Waals surface area (Å²) >= 11 is 0. The maximum atomic E-state index is 5.94. The van der Waals surface area contributed by atoms with Gasteiger partial charge in [-0.15, -0.1) is 0 Å². The summed E-state index contributed by atoms with van der Waals surface area (Å²) < 4.78 is 7.45. The highest BCUT2D eigenvalue weighted by Crippen LogP contribution is 2.22. The van der Waals surface area contributed by atoms with E-state index >= 15 is 0 Å². The molecule has 0 spiro atoms. The van der Waals surface area contributed by atoms with E-state index in [1.807, 2.05) is 0 Å². The summed E-state index contributed by atoms with van der Waals surface area (Å²) in [7, 11) is 1.76. The van der Waals surface area contributed by atoms with Gasteiger partial charge in [0.1, 0.15) is 0 Å². The Balaban J connectivity index is 2.18. The van der Waals surface area contributed by atoms with E-state index in [-0.39, 0.29) is 6.04 Å². The van der Waals surface area contributed by atoms with E-state index in [1.54, 1.807) is 7.11 Å². The SMILES string of the molecule is COCCCCn1cc(CC(C)N)c2ccccc21. The topological polar surface area (TPSA) is 40.2 Å². The lowest BCUT2D eigenvalue weighted by Crippen LogP contribution is -2.17. The molecule has 0 aliphatic carbocycles. The van der Waals surface area contributed by atoms with Crippen LogP contribution in [0.4, 0.5) is 0 Å². The molecule has 1 atom stereocenters. The largest absolute Gasteiger partial charge is 0.385 e. The molecule has 2 aromatic rings. The van der Waals surface area contributed by atoms with Crippen LogP contribution >= 0.6 is 0 Å². The zero-order chi connectivity index (χ0) is 13.7. The molecule has 19 heavy (non-hydrogen) atoms. The number of para-hydroxylation sites is 1. The number of aromatic nitrogens is 1. The Kier molecular flexibility index (Phi) is 5.00. The minimum atomic E-state index is 0.202. The van der Waals surface area contributed by atoms with Crippen molar-refractivity contribution in [3.63, 3.8) is 0 Å². The van der Waals surface area contributed by atoms with Crippen molar-refractivity contribution >= 4 is 10.9 Å². The molecule has 0 saturated heterocycles. The first-order valence-corrected chi connectivity index (χ1v) is 7.03. The van der Waals surface area contributed by atoms with Crippen LogP contribution in [0.5, 0.6) is 0 Å². The monoisotopic (exact) mass is 260 g/mol. The summed E-state index contributed by atoms with van der Waals surface area (Å²) in [6, 6.07) is 8.79. The quantitative estimate of drug-likeness (QED) is 0.777. The van der Waals surface area contributed by atoms with E-state index in [1.165, 1.54) is 16.5 Å². The Morgan fingerprint density at radius 2 is 2.05 bits per heavy atom. The highest BCUT2D eigenvalue weighted by Gasteiger charge is 2.09. The summed E-state index contributed by atoms with van der Waals surface area (Å²) in [6.45, 7) is 3.94. The van der Waals surface area contributed by atoms with Crippen LogP contribution in [-0.2, 0) is 17.7 Å². The Morgan fingerprint density at radius 1 is 1.26 bits per heavy atom. The molecule has 3 nitrogen and oxygen atoms in total. The Morgan fingerprint density at radius 3 is 2.79 bits per heavy atom. The van der Waals surface area contributed by atoms with E-state index in [0.29, 0.717) is 0 Å². The molecule has 2 rings (SSSR count). The van der Waals surface area contributed by atoms with Crippen molar-refractivity contribution in [3.8, 4) is 0 Å². The second-order valence-corrected chi connectivity index (χ2v) is 5.25. The minimum Gasteiger partial charge on any atom is -0.385 e. The van der Waals surface area contributed by atoms with Crippen molar-refractivity contribution in [2.75, 3.05) is 13.7 Å². The number of rotatable bonds is 7. The van der Waals surface area contributed by atoms with Gasteiger partial charge in [-0.25, -0.2) is 0 Å². The van der Waals surface area contributed by atoms with Crippen LogP contribution in [0.15, 0.2) is 30.5 Å². The fourth-order valence-electron chi connectivity index (χ4n) is 2.55. The molecule has 0 aliphatic rings. The minimum absolute atomic E-state index is 0.202. The Labute approximate surface area is 115 Å². The number of methoxy groups -OCH3 is 1. The fourth-order valence-corrected chi connectivity index (χ4v) is 2.55. The molecule has 2 N–H and O–H groups in total. The lowest BCUT2D eigenvalue weighted by Gasteiger charge is -2.04. The Bertz CT molecular complexity index is 516. The first-order valence-electron chi connectivity index (χ1n) is 7.03. The number of fused-ring (bicyclic) bond motifs is 1. The third kappa shape index (κ3) is 3.58. The summed E-state index contributed by atoms with van der Waals surface area (Å²) in [5.41, 5.74) is 8.61. The number of nitrogens with two attached hydrogens (primary N) is 1. The summed E-state index contributed by atoms with van der Waals surface area (Å²) in [5, 5.41) is 1.34. The standard InChI is InChI=1S/C16H24N2O/c1-13(17)11-14-12-18(9-5-6-10-19-2)16-8-4-3-7-15(14)16/h3-4,7-8,12-13H,5-6,9-11,17H2,1-2H3. The normalized spacial score (nSPS) is 13.0. The van der Waals surface area contributed by atoms with Gasteiger partial charge in [0.2, 0.25) is 0 Å². The van der Waals surface area contributed by atoms with Crippen LogP contribution in [-0.4, -0.2) is 24.3 Å². The number of hydrogen-bond acceptors (Lipinski definition) is 2. The molecule has 0 radical (unpaired) electrons. The van der Waals surface area contributed by atoms with Crippen molar-refractivity contribution < 1.29 is 4.74 Å². The lowest BCUT2D eigenvalue weighted by molar-refractivity contribution is 0.191. The van der Waals surface area contributed by atoms with Gasteiger partial charge in [-0.1, -0.05) is 18.2 Å². The number of aryl methyl sites for hydroxylation is 1. The van der Waals surface area contributed by atoms with Crippen molar-refractivity contribution in [1.82, 2.24) is 4.57 Å². The third-order valence-electron chi connectivity index (χ3n) is 3.41. The van der Waals surface area contributed by atoms with Crippen molar-refractivity contribution in [2.24, 2.45) is 5.73 Å². The average molecular weight is 260 g/mol. The molecule has 1 unspecified atom stereocenters. The average Bonchev–Trinajstić information content (AvgIpc) is 2.73. The zero-order valence-corrected chi connectivity index (χ0v) is 11.9. The highest BCUT2D eigenvalue weighted by molar-refractivity contribution is 5.84. The maximum absolute atomic E-state index is 5.94. The lowest BCUT2D eigenvalue weighted by atomic mass is 10.1. The van der Waals surface area contributed by atoms with Crippen LogP contribution in [0.2, 0.25) is 0 Å². The van der Waals surface area contributed by atoms with E-state index in [0.717, 1.165) is 32.4 Å². The van der Waals surface area contributed by atoms with Crippen molar-refractivity contribution in [3.05, 3.63) is 36.0 Å². The molecule has 1 aromatic carbocycles. The summed E-state index contributed by atoms with van der Waals surface area (Å²) in [6.07, 6.45) is 5.45. The van der Waals surface area contributed by atoms with Crippen LogP contribution < -0.4 is 5.73 Å². The van der Waals surface area contributed by atoms with Gasteiger partial charge in [0, 0.05) is 43.4 Å². The fraction of sp³-hybridized carbons (Fsp3) is 0.500. The summed E-state index contributed by atoms with van der Waals surface area (Å²) in [4.78, 5) is 0. The van der Waals surface area contributed by atoms with Crippen LogP contribution in [0.3, 0.4) is 0 Å². The van der Waals surface area contributed by atoms with Crippen molar-refractivity contribution in [1.29, 1.82) is 0 Å². The molecule has 0 fully saturated rings. The number of ether oxygens (including phenoxy) is 1. The summed E-state index contributed by atoms with van der Waals surface area (Å²) in [5.74, 6) is 0. The van der Waals surface area contributed by atoms with Gasteiger partial charge in [0.15, 0.2) is 0 Å². The smallest absolute Gasteiger partial charge is 0.0483 e. The van der Waals surface area contributed by atoms with Crippen LogP contribution in [0.25, 0.3) is 10.9 Å².